The average molecular weight is 400 g/mol. The summed E-state index contributed by atoms with van der Waals surface area (Å²) in [6.07, 6.45) is -1.11. The molecule has 0 bridgehead atoms. The van der Waals surface area contributed by atoms with Crippen LogP contribution < -0.4 is 10.1 Å². The van der Waals surface area contributed by atoms with Crippen LogP contribution in [0.4, 0.5) is 13.2 Å². The van der Waals surface area contributed by atoms with Crippen molar-refractivity contribution in [2.75, 3.05) is 7.11 Å². The first kappa shape index (κ1) is 20.4. The molecule has 1 atom stereocenters. The number of hydrogen-bond donors (Lipinski definition) is 1. The third-order valence-electron chi connectivity index (χ3n) is 4.52. The summed E-state index contributed by atoms with van der Waals surface area (Å²) < 4.78 is 44.1. The van der Waals surface area contributed by atoms with Crippen LogP contribution in [0.1, 0.15) is 34.5 Å². The summed E-state index contributed by atoms with van der Waals surface area (Å²) in [4.78, 5) is 16.7. The molecule has 0 saturated carbocycles. The number of ether oxygens (including phenoxy) is 1. The molecular formula is C22H19F3N2O2. The van der Waals surface area contributed by atoms with Crippen LogP contribution in [0.2, 0.25) is 0 Å². The number of nitrogens with zero attached hydrogens (tertiary/aromatic N) is 1. The van der Waals surface area contributed by atoms with Crippen LogP contribution in [0, 0.1) is 0 Å². The summed E-state index contributed by atoms with van der Waals surface area (Å²) in [7, 11) is 1.46. The molecule has 29 heavy (non-hydrogen) atoms. The van der Waals surface area contributed by atoms with Gasteiger partial charge in [0.1, 0.15) is 5.75 Å². The second-order valence-electron chi connectivity index (χ2n) is 6.47. The molecule has 0 fully saturated rings. The van der Waals surface area contributed by atoms with Crippen LogP contribution in [0.3, 0.4) is 0 Å². The number of pyridine rings is 1. The maximum absolute atomic E-state index is 12.9. The minimum Gasteiger partial charge on any atom is -0.496 e. The lowest BCUT2D eigenvalue weighted by Gasteiger charge is -2.17. The predicted octanol–water partition coefficient (Wildman–Crippen LogP) is 5.27. The summed E-state index contributed by atoms with van der Waals surface area (Å²) in [6.45, 7) is 1.63. The second-order valence-corrected chi connectivity index (χ2v) is 6.47. The molecule has 0 radical (unpaired) electrons. The first-order valence-corrected chi connectivity index (χ1v) is 8.86. The normalized spacial score (nSPS) is 12.3. The number of alkyl halides is 3. The van der Waals surface area contributed by atoms with Crippen LogP contribution in [0.25, 0.3) is 11.1 Å². The van der Waals surface area contributed by atoms with Gasteiger partial charge in [-0.3, -0.25) is 9.78 Å². The second kappa shape index (κ2) is 8.34. The lowest BCUT2D eigenvalue weighted by atomic mass is 10.0. The Kier molecular flexibility index (Phi) is 5.87. The molecule has 1 amide bonds. The summed E-state index contributed by atoms with van der Waals surface area (Å²) >= 11 is 0. The largest absolute Gasteiger partial charge is 0.496 e. The Bertz CT molecular complexity index is 1000. The van der Waals surface area contributed by atoms with E-state index in [-0.39, 0.29) is 0 Å². The molecule has 1 aromatic heterocycles. The van der Waals surface area contributed by atoms with Crippen LogP contribution in [-0.2, 0) is 6.18 Å². The van der Waals surface area contributed by atoms with Gasteiger partial charge in [0, 0.05) is 12.4 Å². The topological polar surface area (TPSA) is 51.2 Å². The molecule has 2 aromatic carbocycles. The summed E-state index contributed by atoms with van der Waals surface area (Å²) in [5, 5.41) is 2.73. The summed E-state index contributed by atoms with van der Waals surface area (Å²) in [5.41, 5.74) is 1.68. The van der Waals surface area contributed by atoms with E-state index in [0.29, 0.717) is 16.9 Å². The van der Waals surface area contributed by atoms with E-state index in [1.165, 1.54) is 13.2 Å². The molecule has 7 heteroatoms. The Balaban J connectivity index is 1.82. The predicted molar refractivity (Wildman–Crippen MR) is 104 cm³/mol. The van der Waals surface area contributed by atoms with Crippen molar-refractivity contribution in [2.45, 2.75) is 19.1 Å². The molecular weight excluding hydrogens is 381 g/mol. The third-order valence-corrected chi connectivity index (χ3v) is 4.52. The van der Waals surface area contributed by atoms with Crippen molar-refractivity contribution < 1.29 is 22.7 Å². The maximum Gasteiger partial charge on any atom is 0.416 e. The Morgan fingerprint density at radius 3 is 2.41 bits per heavy atom. The molecule has 0 saturated heterocycles. The number of hydrogen-bond acceptors (Lipinski definition) is 3. The van der Waals surface area contributed by atoms with Gasteiger partial charge in [-0.1, -0.05) is 18.2 Å². The molecule has 0 spiro atoms. The highest BCUT2D eigenvalue weighted by Crippen LogP contribution is 2.31. The lowest BCUT2D eigenvalue weighted by Crippen LogP contribution is -2.27. The van der Waals surface area contributed by atoms with Gasteiger partial charge in [-0.25, -0.2) is 0 Å². The van der Waals surface area contributed by atoms with Gasteiger partial charge in [-0.2, -0.15) is 13.2 Å². The highest BCUT2D eigenvalue weighted by atomic mass is 19.4. The van der Waals surface area contributed by atoms with Crippen molar-refractivity contribution in [3.63, 3.8) is 0 Å². The van der Waals surface area contributed by atoms with E-state index in [0.717, 1.165) is 23.3 Å². The highest BCUT2D eigenvalue weighted by Gasteiger charge is 2.30. The minimum atomic E-state index is -4.44. The van der Waals surface area contributed by atoms with E-state index < -0.39 is 23.7 Å². The molecule has 0 unspecified atom stereocenters. The molecule has 150 valence electrons. The zero-order valence-corrected chi connectivity index (χ0v) is 15.8. The molecule has 0 aliphatic carbocycles. The zero-order chi connectivity index (χ0) is 21.0. The number of carbonyl (C=O) groups excluding carboxylic acids is 1. The molecule has 0 aliphatic heterocycles. The molecule has 0 aliphatic rings. The molecule has 1 N–H and O–H groups in total. The number of carbonyl (C=O) groups is 1. The fourth-order valence-corrected chi connectivity index (χ4v) is 2.94. The molecule has 1 heterocycles. The van der Waals surface area contributed by atoms with Crippen LogP contribution in [0.5, 0.6) is 5.75 Å². The number of aromatic nitrogens is 1. The van der Waals surface area contributed by atoms with E-state index in [1.807, 2.05) is 12.1 Å². The van der Waals surface area contributed by atoms with E-state index in [9.17, 15) is 18.0 Å². The van der Waals surface area contributed by atoms with Gasteiger partial charge in [-0.15, -0.1) is 0 Å². The number of methoxy groups -OCH3 is 1. The molecule has 4 nitrogen and oxygen atoms in total. The Morgan fingerprint density at radius 1 is 1.03 bits per heavy atom. The number of benzene rings is 2. The van der Waals surface area contributed by atoms with Gasteiger partial charge in [0.25, 0.3) is 5.91 Å². The summed E-state index contributed by atoms with van der Waals surface area (Å²) in [5.74, 6) is -0.0684. The van der Waals surface area contributed by atoms with Gasteiger partial charge in [0.15, 0.2) is 0 Å². The average Bonchev–Trinajstić information content (AvgIpc) is 2.73. The first-order valence-electron chi connectivity index (χ1n) is 8.86. The molecule has 3 rings (SSSR count). The zero-order valence-electron chi connectivity index (χ0n) is 15.8. The van der Waals surface area contributed by atoms with Crippen molar-refractivity contribution in [1.29, 1.82) is 0 Å². The number of halogens is 3. The van der Waals surface area contributed by atoms with Gasteiger partial charge < -0.3 is 10.1 Å². The van der Waals surface area contributed by atoms with Crippen molar-refractivity contribution in [3.05, 3.63) is 83.7 Å². The van der Waals surface area contributed by atoms with E-state index in [4.69, 9.17) is 4.74 Å². The number of amides is 1. The minimum absolute atomic E-state index is 0.295. The van der Waals surface area contributed by atoms with Gasteiger partial charge in [0.05, 0.1) is 24.3 Å². The van der Waals surface area contributed by atoms with Gasteiger partial charge in [-0.05, 0) is 60.0 Å². The van der Waals surface area contributed by atoms with Crippen molar-refractivity contribution in [2.24, 2.45) is 0 Å². The SMILES string of the molecule is COc1cc(-c2ccncc2)ccc1C(=O)N[C@H](C)c1cccc(C(F)(F)F)c1. The smallest absolute Gasteiger partial charge is 0.416 e. The lowest BCUT2D eigenvalue weighted by molar-refractivity contribution is -0.137. The van der Waals surface area contributed by atoms with Crippen LogP contribution in [0.15, 0.2) is 67.0 Å². The maximum atomic E-state index is 12.9. The monoisotopic (exact) mass is 400 g/mol. The fourth-order valence-electron chi connectivity index (χ4n) is 2.94. The van der Waals surface area contributed by atoms with E-state index in [2.05, 4.69) is 10.3 Å². The number of rotatable bonds is 5. The quantitative estimate of drug-likeness (QED) is 0.635. The Labute approximate surface area is 166 Å². The van der Waals surface area contributed by atoms with Crippen LogP contribution >= 0.6 is 0 Å². The fraction of sp³-hybridized carbons (Fsp3) is 0.182. The van der Waals surface area contributed by atoms with Crippen LogP contribution in [-0.4, -0.2) is 18.0 Å². The molecule has 3 aromatic rings. The summed E-state index contributed by atoms with van der Waals surface area (Å²) in [6, 6.07) is 13.1. The van der Waals surface area contributed by atoms with Gasteiger partial charge >= 0.3 is 6.18 Å². The van der Waals surface area contributed by atoms with Crippen molar-refractivity contribution in [3.8, 4) is 16.9 Å². The van der Waals surface area contributed by atoms with Gasteiger partial charge in [0.2, 0.25) is 0 Å². The number of nitrogens with one attached hydrogen (secondary N) is 1. The van der Waals surface area contributed by atoms with E-state index in [1.54, 1.807) is 43.6 Å². The first-order chi connectivity index (χ1) is 13.8. The van der Waals surface area contributed by atoms with E-state index >= 15 is 0 Å². The standard InChI is InChI=1S/C22H19F3N2O2/c1-14(16-4-3-5-18(12-16)22(23,24)25)27-21(28)19-7-6-17(13-20(19)29-2)15-8-10-26-11-9-15/h3-14H,1-2H3,(H,27,28)/t14-/m1/s1. The van der Waals surface area contributed by atoms with Crippen molar-refractivity contribution in [1.82, 2.24) is 10.3 Å². The van der Waals surface area contributed by atoms with Crippen molar-refractivity contribution >= 4 is 5.91 Å². The highest BCUT2D eigenvalue weighted by molar-refractivity contribution is 5.97. The Morgan fingerprint density at radius 2 is 1.76 bits per heavy atom. The Hall–Kier alpha value is -3.35. The third kappa shape index (κ3) is 4.74.